The Labute approximate surface area is 180 Å². The van der Waals surface area contributed by atoms with Crippen molar-refractivity contribution in [1.29, 1.82) is 0 Å². The molecule has 0 atom stereocenters. The number of carbonyl (C=O) groups is 1. The quantitative estimate of drug-likeness (QED) is 0.321. The maximum atomic E-state index is 12.7. The number of rotatable bonds is 7. The van der Waals surface area contributed by atoms with Crippen LogP contribution in [0.3, 0.4) is 0 Å². The summed E-state index contributed by atoms with van der Waals surface area (Å²) in [5, 5.41) is 9.66. The van der Waals surface area contributed by atoms with E-state index in [0.717, 1.165) is 22.2 Å². The molecule has 0 spiro atoms. The van der Waals surface area contributed by atoms with Gasteiger partial charge in [-0.25, -0.2) is 0 Å². The monoisotopic (exact) mass is 416 g/mol. The zero-order valence-electron chi connectivity index (χ0n) is 17.4. The SMILES string of the molecule is Cc1ccc(-n2c(Cc3ccccc3)nnc2SCC(=O)c2cccn2C)c(C)c1. The third kappa shape index (κ3) is 4.24. The van der Waals surface area contributed by atoms with Gasteiger partial charge in [0.05, 0.1) is 17.1 Å². The number of thioether (sulfide) groups is 1. The molecule has 6 heteroatoms. The number of aryl methyl sites for hydroxylation is 3. The average molecular weight is 417 g/mol. The van der Waals surface area contributed by atoms with Crippen LogP contribution in [0.15, 0.2) is 72.0 Å². The van der Waals surface area contributed by atoms with E-state index in [9.17, 15) is 4.79 Å². The molecule has 4 rings (SSSR count). The summed E-state index contributed by atoms with van der Waals surface area (Å²) < 4.78 is 3.93. The molecule has 0 aliphatic rings. The summed E-state index contributed by atoms with van der Waals surface area (Å²) in [6.07, 6.45) is 2.56. The Kier molecular flexibility index (Phi) is 5.86. The van der Waals surface area contributed by atoms with E-state index in [1.807, 2.05) is 48.1 Å². The van der Waals surface area contributed by atoms with Gasteiger partial charge >= 0.3 is 0 Å². The minimum Gasteiger partial charge on any atom is -0.348 e. The highest BCUT2D eigenvalue weighted by Crippen LogP contribution is 2.26. The van der Waals surface area contributed by atoms with Gasteiger partial charge in [0.2, 0.25) is 0 Å². The van der Waals surface area contributed by atoms with Gasteiger partial charge in [0, 0.05) is 19.7 Å². The lowest BCUT2D eigenvalue weighted by Crippen LogP contribution is -2.10. The zero-order chi connectivity index (χ0) is 21.1. The topological polar surface area (TPSA) is 52.7 Å². The second-order valence-electron chi connectivity index (χ2n) is 7.40. The first-order chi connectivity index (χ1) is 14.5. The molecule has 2 heterocycles. The van der Waals surface area contributed by atoms with Gasteiger partial charge in [0.1, 0.15) is 5.82 Å². The van der Waals surface area contributed by atoms with E-state index < -0.39 is 0 Å². The summed E-state index contributed by atoms with van der Waals surface area (Å²) in [4.78, 5) is 12.7. The third-order valence-corrected chi connectivity index (χ3v) is 5.99. The summed E-state index contributed by atoms with van der Waals surface area (Å²) >= 11 is 1.43. The Balaban J connectivity index is 1.67. The van der Waals surface area contributed by atoms with Crippen molar-refractivity contribution in [2.75, 3.05) is 5.75 Å². The highest BCUT2D eigenvalue weighted by atomic mass is 32.2. The van der Waals surface area contributed by atoms with Crippen LogP contribution in [0.5, 0.6) is 0 Å². The summed E-state index contributed by atoms with van der Waals surface area (Å²) in [7, 11) is 1.88. The summed E-state index contributed by atoms with van der Waals surface area (Å²) in [6.45, 7) is 4.18. The van der Waals surface area contributed by atoms with Gasteiger partial charge in [0.15, 0.2) is 10.9 Å². The number of hydrogen-bond donors (Lipinski definition) is 0. The molecule has 0 saturated carbocycles. The number of carbonyl (C=O) groups excluding carboxylic acids is 1. The maximum absolute atomic E-state index is 12.7. The standard InChI is InChI=1S/C24H24N4OS/c1-17-11-12-20(18(2)14-17)28-23(15-19-8-5-4-6-9-19)25-26-24(28)30-16-22(29)21-10-7-13-27(21)3/h4-14H,15-16H2,1-3H3. The summed E-state index contributed by atoms with van der Waals surface area (Å²) in [5.74, 6) is 1.25. The van der Waals surface area contributed by atoms with Crippen LogP contribution >= 0.6 is 11.8 Å². The summed E-state index contributed by atoms with van der Waals surface area (Å²) in [6, 6.07) is 20.3. The van der Waals surface area contributed by atoms with Gasteiger partial charge in [0.25, 0.3) is 0 Å². The largest absolute Gasteiger partial charge is 0.348 e. The first-order valence-electron chi connectivity index (χ1n) is 9.86. The first kappa shape index (κ1) is 20.2. The number of ketones is 1. The van der Waals surface area contributed by atoms with Crippen molar-refractivity contribution in [3.63, 3.8) is 0 Å². The van der Waals surface area contributed by atoms with E-state index in [1.165, 1.54) is 22.9 Å². The predicted molar refractivity (Wildman–Crippen MR) is 121 cm³/mol. The molecule has 0 unspecified atom stereocenters. The molecule has 0 radical (unpaired) electrons. The zero-order valence-corrected chi connectivity index (χ0v) is 18.2. The molecule has 0 aliphatic carbocycles. The first-order valence-corrected chi connectivity index (χ1v) is 10.8. The Hall–Kier alpha value is -3.12. The number of nitrogens with zero attached hydrogens (tertiary/aromatic N) is 4. The molecule has 0 aliphatic heterocycles. The Morgan fingerprint density at radius 1 is 1.00 bits per heavy atom. The van der Waals surface area contributed by atoms with Crippen LogP contribution in [0.1, 0.15) is 33.0 Å². The molecule has 2 aromatic carbocycles. The Morgan fingerprint density at radius 2 is 1.80 bits per heavy atom. The lowest BCUT2D eigenvalue weighted by Gasteiger charge is -2.13. The van der Waals surface area contributed by atoms with Crippen LogP contribution in [-0.4, -0.2) is 30.9 Å². The summed E-state index contributed by atoms with van der Waals surface area (Å²) in [5.41, 5.74) is 5.28. The second-order valence-corrected chi connectivity index (χ2v) is 8.35. The van der Waals surface area contributed by atoms with Crippen LogP contribution in [0.4, 0.5) is 0 Å². The molecule has 5 nitrogen and oxygen atoms in total. The number of benzene rings is 2. The molecule has 2 aromatic heterocycles. The molecule has 0 amide bonds. The van der Waals surface area contributed by atoms with Crippen LogP contribution in [0, 0.1) is 13.8 Å². The minimum atomic E-state index is 0.0762. The maximum Gasteiger partial charge on any atom is 0.196 e. The molecule has 0 N–H and O–H groups in total. The van der Waals surface area contributed by atoms with E-state index in [1.54, 1.807) is 0 Å². The van der Waals surface area contributed by atoms with E-state index in [2.05, 4.69) is 58.9 Å². The highest BCUT2D eigenvalue weighted by Gasteiger charge is 2.18. The van der Waals surface area contributed by atoms with Crippen LogP contribution in [0.25, 0.3) is 5.69 Å². The van der Waals surface area contributed by atoms with Crippen LogP contribution in [-0.2, 0) is 13.5 Å². The molecular weight excluding hydrogens is 392 g/mol. The predicted octanol–water partition coefficient (Wildman–Crippen LogP) is 4.79. The van der Waals surface area contributed by atoms with Crippen molar-refractivity contribution in [3.05, 3.63) is 95.1 Å². The Bertz CT molecular complexity index is 1180. The minimum absolute atomic E-state index is 0.0762. The van der Waals surface area contributed by atoms with Crippen LogP contribution < -0.4 is 0 Å². The number of aromatic nitrogens is 4. The number of hydrogen-bond acceptors (Lipinski definition) is 4. The van der Waals surface area contributed by atoms with E-state index in [-0.39, 0.29) is 5.78 Å². The fraction of sp³-hybridized carbons (Fsp3) is 0.208. The smallest absolute Gasteiger partial charge is 0.196 e. The molecule has 0 saturated heterocycles. The van der Waals surface area contributed by atoms with Crippen LogP contribution in [0.2, 0.25) is 0 Å². The fourth-order valence-electron chi connectivity index (χ4n) is 3.54. The molecule has 0 bridgehead atoms. The van der Waals surface area contributed by atoms with Crippen molar-refractivity contribution in [3.8, 4) is 5.69 Å². The van der Waals surface area contributed by atoms with Crippen molar-refractivity contribution in [2.45, 2.75) is 25.4 Å². The lowest BCUT2D eigenvalue weighted by molar-refractivity contribution is 0.101. The molecule has 4 aromatic rings. The van der Waals surface area contributed by atoms with Crippen molar-refractivity contribution >= 4 is 17.5 Å². The second kappa shape index (κ2) is 8.71. The van der Waals surface area contributed by atoms with Gasteiger partial charge in [-0.15, -0.1) is 10.2 Å². The van der Waals surface area contributed by atoms with Gasteiger partial charge in [-0.1, -0.05) is 59.8 Å². The van der Waals surface area contributed by atoms with Crippen molar-refractivity contribution in [1.82, 2.24) is 19.3 Å². The van der Waals surface area contributed by atoms with Gasteiger partial charge < -0.3 is 4.57 Å². The lowest BCUT2D eigenvalue weighted by atomic mass is 10.1. The van der Waals surface area contributed by atoms with E-state index in [4.69, 9.17) is 0 Å². The van der Waals surface area contributed by atoms with Gasteiger partial charge in [-0.3, -0.25) is 9.36 Å². The van der Waals surface area contributed by atoms with Gasteiger partial charge in [-0.2, -0.15) is 0 Å². The molecular formula is C24H24N4OS. The molecule has 0 fully saturated rings. The molecule has 152 valence electrons. The van der Waals surface area contributed by atoms with E-state index >= 15 is 0 Å². The highest BCUT2D eigenvalue weighted by molar-refractivity contribution is 7.99. The average Bonchev–Trinajstić information content (AvgIpc) is 3.33. The van der Waals surface area contributed by atoms with E-state index in [0.29, 0.717) is 17.9 Å². The van der Waals surface area contributed by atoms with Crippen molar-refractivity contribution < 1.29 is 4.79 Å². The molecule has 30 heavy (non-hydrogen) atoms. The Morgan fingerprint density at radius 3 is 2.50 bits per heavy atom. The van der Waals surface area contributed by atoms with Gasteiger partial charge in [-0.05, 0) is 43.2 Å². The fourth-order valence-corrected chi connectivity index (χ4v) is 4.38. The van der Waals surface area contributed by atoms with Crippen molar-refractivity contribution in [2.24, 2.45) is 7.05 Å². The third-order valence-electron chi connectivity index (χ3n) is 5.06. The number of Topliss-reactive ketones (excluding diaryl/α,β-unsaturated/α-hetero) is 1. The normalized spacial score (nSPS) is 11.0.